The Morgan fingerprint density at radius 3 is 1.71 bits per heavy atom. The van der Waals surface area contributed by atoms with Gasteiger partial charge in [0, 0.05) is 76.7 Å². The molecule has 10 N–H and O–H groups in total. The highest BCUT2D eigenvalue weighted by atomic mass is 16.6. The molecule has 0 aromatic rings. The summed E-state index contributed by atoms with van der Waals surface area (Å²) in [5.74, 6) is -20.1. The van der Waals surface area contributed by atoms with Gasteiger partial charge in [0.05, 0.1) is 30.2 Å². The van der Waals surface area contributed by atoms with Crippen molar-refractivity contribution >= 4 is 88.7 Å². The lowest BCUT2D eigenvalue weighted by Gasteiger charge is -2.41. The van der Waals surface area contributed by atoms with Crippen LogP contribution in [0.5, 0.6) is 0 Å². The number of Topliss-reactive ketones (excluding diaryl/α,β-unsaturated/α-hetero) is 4. The number of carboxylic acid groups (broad SMARTS) is 4. The molecule has 1 saturated carbocycles. The second-order valence-corrected chi connectivity index (χ2v) is 23.4. The van der Waals surface area contributed by atoms with Crippen LogP contribution in [-0.4, -0.2) is 179 Å². The lowest BCUT2D eigenvalue weighted by atomic mass is 9.75. The molecule has 3 aliphatic rings. The molecule has 29 heteroatoms. The predicted molar refractivity (Wildman–Crippen MR) is 304 cm³/mol. The average molecular weight is 1260 g/mol. The first-order valence-corrected chi connectivity index (χ1v) is 29.6. The normalized spacial score (nSPS) is 24.6. The zero-order chi connectivity index (χ0) is 67.5. The van der Waals surface area contributed by atoms with Crippen LogP contribution < -0.4 is 16.4 Å². The van der Waals surface area contributed by atoms with Crippen molar-refractivity contribution in [2.45, 2.75) is 243 Å². The van der Waals surface area contributed by atoms with Gasteiger partial charge in [0.25, 0.3) is 0 Å². The Bertz CT molecular complexity index is 2790. The second-order valence-electron chi connectivity index (χ2n) is 23.4. The maximum Gasteiger partial charge on any atom is 0.341 e. The van der Waals surface area contributed by atoms with Gasteiger partial charge in [0.1, 0.15) is 46.9 Å². The van der Waals surface area contributed by atoms with Crippen molar-refractivity contribution in [1.29, 1.82) is 0 Å². The number of amides is 2. The van der Waals surface area contributed by atoms with Gasteiger partial charge in [0.2, 0.25) is 11.8 Å². The van der Waals surface area contributed by atoms with E-state index in [1.54, 1.807) is 6.92 Å². The number of esters is 5. The topological polar surface area (TPSA) is 474 Å². The molecule has 3 rings (SSSR count). The van der Waals surface area contributed by atoms with E-state index in [1.807, 2.05) is 6.92 Å². The van der Waals surface area contributed by atoms with Gasteiger partial charge < -0.3 is 75.5 Å². The van der Waals surface area contributed by atoms with E-state index in [0.29, 0.717) is 12.8 Å². The fourth-order valence-electron chi connectivity index (χ4n) is 11.1. The number of carboxylic acids is 4. The molecule has 1 heterocycles. The molecule has 0 bridgehead atoms. The van der Waals surface area contributed by atoms with E-state index >= 15 is 0 Å². The molecular formula is C60H85N3O26. The minimum atomic E-state index is -2.93. The van der Waals surface area contributed by atoms with Crippen LogP contribution in [0.4, 0.5) is 0 Å². The molecule has 2 amide bonds. The van der Waals surface area contributed by atoms with Crippen molar-refractivity contribution in [3.8, 4) is 0 Å². The number of carbonyl (C=O) groups excluding carboxylic acids is 11. The number of aliphatic hydroxyl groups is 2. The molecule has 0 aromatic carbocycles. The standard InChI is InChI=1S/C60H85N3O26/c1-9-11-12-13-14-15-44(70)86-49-47-46(32(5)48(49)87-56(81)30(3)10-2)50-60(84,59(8,83)57(82)88-50)42(29-58(47,7)89-33(6)65)85-45(71)25-21-38(68)28-39(61)51(72)63-41(55(79)80)23-20-37(67)27-35(53(75)76)18-24-43(69)62-40(54(77)78)22-19-36(66)26-34(52(73)74)17-16-31(4)64/h10,34-35,39-42,47-50,83-84H,9,11-29,61H2,1-8H3,(H,62,69)(H,63,72)(H,73,74)(H,75,76)(H,77,78)(H,79,80)/b30-10-/t34-,35-,39+,40+,41+,42+,47-,48+,49+,50+,58+,59-,60-/m1/s1. The molecule has 496 valence electrons. The summed E-state index contributed by atoms with van der Waals surface area (Å²) in [4.78, 5) is 191. The molecular weight excluding hydrogens is 1180 g/mol. The number of nitrogens with one attached hydrogen (secondary N) is 2. The number of ether oxygens (including phenoxy) is 5. The Kier molecular flexibility index (Phi) is 28.6. The van der Waals surface area contributed by atoms with Crippen molar-refractivity contribution in [3.63, 3.8) is 0 Å². The lowest BCUT2D eigenvalue weighted by molar-refractivity contribution is -0.212. The fourth-order valence-corrected chi connectivity index (χ4v) is 11.1. The molecule has 0 unspecified atom stereocenters. The average Bonchev–Trinajstić information content (AvgIpc) is 1.53. The number of fused-ring (bicyclic) bond motifs is 3. The lowest BCUT2D eigenvalue weighted by Crippen LogP contribution is -2.64. The minimum absolute atomic E-state index is 0.0715. The first-order chi connectivity index (χ1) is 41.4. The summed E-state index contributed by atoms with van der Waals surface area (Å²) in [5, 5.41) is 67.5. The Balaban J connectivity index is 1.70. The highest BCUT2D eigenvalue weighted by Crippen LogP contribution is 2.57. The van der Waals surface area contributed by atoms with Crippen molar-refractivity contribution in [1.82, 2.24) is 10.6 Å². The summed E-state index contributed by atoms with van der Waals surface area (Å²) in [5.41, 5.74) is -1.66. The van der Waals surface area contributed by atoms with Gasteiger partial charge in [-0.3, -0.25) is 47.9 Å². The summed E-state index contributed by atoms with van der Waals surface area (Å²) >= 11 is 0. The SMILES string of the molecule is C/C=C(/C)C(=O)O[C@H]1C(C)=C2[C@H]([C@@H]1OC(=O)CCCCCCC)[C@@](C)(OC(C)=O)C[C@H](OC(=O)CCC(=O)C[C@H](N)C(=O)N[C@@H](CCC(=O)C[C@@H](CCC(=O)N[C@@H](CCC(=O)C[C@@H](CCC(C)=O)C(=O)O)C(=O)O)C(=O)O)C(=O)O)[C@@]1(O)[C@H]2OC(=O)[C@@]1(C)O. The van der Waals surface area contributed by atoms with E-state index in [0.717, 1.165) is 33.1 Å². The molecule has 0 radical (unpaired) electrons. The van der Waals surface area contributed by atoms with E-state index in [-0.39, 0.29) is 41.8 Å². The number of unbranched alkanes of at least 4 members (excludes halogenated alkanes) is 4. The third kappa shape index (κ3) is 20.9. The van der Waals surface area contributed by atoms with E-state index in [1.165, 1.54) is 33.8 Å². The summed E-state index contributed by atoms with van der Waals surface area (Å²) in [7, 11) is 0. The zero-order valence-electron chi connectivity index (χ0n) is 51.4. The van der Waals surface area contributed by atoms with Crippen molar-refractivity contribution in [2.75, 3.05) is 0 Å². The van der Waals surface area contributed by atoms with Crippen molar-refractivity contribution < 1.29 is 126 Å². The highest BCUT2D eigenvalue weighted by Gasteiger charge is 2.76. The summed E-state index contributed by atoms with van der Waals surface area (Å²) in [6.45, 7) is 11.1. The largest absolute Gasteiger partial charge is 0.481 e. The van der Waals surface area contributed by atoms with E-state index in [4.69, 9.17) is 29.4 Å². The van der Waals surface area contributed by atoms with Gasteiger partial charge in [-0.2, -0.15) is 0 Å². The van der Waals surface area contributed by atoms with Crippen LogP contribution in [0.1, 0.15) is 184 Å². The quantitative estimate of drug-likeness (QED) is 0.0140. The van der Waals surface area contributed by atoms with Crippen LogP contribution in [0.2, 0.25) is 0 Å². The smallest absolute Gasteiger partial charge is 0.341 e. The van der Waals surface area contributed by atoms with Crippen LogP contribution in [-0.2, 0) is 95.6 Å². The van der Waals surface area contributed by atoms with Gasteiger partial charge in [-0.15, -0.1) is 0 Å². The zero-order valence-corrected chi connectivity index (χ0v) is 51.4. The van der Waals surface area contributed by atoms with Crippen LogP contribution >= 0.6 is 0 Å². The number of hydrogen-bond donors (Lipinski definition) is 9. The maximum absolute atomic E-state index is 13.8. The molecule has 29 nitrogen and oxygen atoms in total. The van der Waals surface area contributed by atoms with Gasteiger partial charge in [-0.25, -0.2) is 19.2 Å². The molecule has 2 fully saturated rings. The molecule has 89 heavy (non-hydrogen) atoms. The van der Waals surface area contributed by atoms with Crippen LogP contribution in [0.15, 0.2) is 22.8 Å². The van der Waals surface area contributed by atoms with Crippen molar-refractivity contribution in [2.24, 2.45) is 23.5 Å². The number of aliphatic carboxylic acids is 4. The first kappa shape index (κ1) is 75.5. The van der Waals surface area contributed by atoms with Gasteiger partial charge in [-0.05, 0) is 84.8 Å². The Hall–Kier alpha value is -7.79. The molecule has 1 saturated heterocycles. The molecule has 0 aromatic heterocycles. The number of nitrogens with two attached hydrogens (primary N) is 1. The predicted octanol–water partition coefficient (Wildman–Crippen LogP) is 2.36. The van der Waals surface area contributed by atoms with Crippen LogP contribution in [0.25, 0.3) is 0 Å². The highest BCUT2D eigenvalue weighted by molar-refractivity contribution is 5.93. The number of rotatable bonds is 39. The van der Waals surface area contributed by atoms with Crippen LogP contribution in [0.3, 0.4) is 0 Å². The van der Waals surface area contributed by atoms with Gasteiger partial charge in [-0.1, -0.05) is 38.7 Å². The minimum Gasteiger partial charge on any atom is -0.481 e. The van der Waals surface area contributed by atoms with Gasteiger partial charge in [0.15, 0.2) is 29.5 Å². The third-order valence-corrected chi connectivity index (χ3v) is 16.3. The third-order valence-electron chi connectivity index (χ3n) is 16.3. The summed E-state index contributed by atoms with van der Waals surface area (Å²) in [6.07, 6.45) is -9.35. The molecule has 13 atom stereocenters. The molecule has 2 aliphatic carbocycles. The fraction of sp³-hybridized carbons (Fsp3) is 0.683. The summed E-state index contributed by atoms with van der Waals surface area (Å²) in [6, 6.07) is -5.20. The molecule has 1 aliphatic heterocycles. The Morgan fingerprint density at radius 1 is 0.663 bits per heavy atom. The van der Waals surface area contributed by atoms with E-state index in [9.17, 15) is 103 Å². The number of ketones is 4. The number of carbonyl (C=O) groups is 15. The Morgan fingerprint density at radius 2 is 1.19 bits per heavy atom. The summed E-state index contributed by atoms with van der Waals surface area (Å²) < 4.78 is 29.5. The second kappa shape index (κ2) is 33.7. The van der Waals surface area contributed by atoms with E-state index in [2.05, 4.69) is 10.6 Å². The van der Waals surface area contributed by atoms with Gasteiger partial charge >= 0.3 is 53.7 Å². The first-order valence-electron chi connectivity index (χ1n) is 29.6. The monoisotopic (exact) mass is 1260 g/mol. The maximum atomic E-state index is 13.8. The molecule has 0 spiro atoms. The number of allylic oxidation sites excluding steroid dienone is 1. The van der Waals surface area contributed by atoms with Crippen LogP contribution in [0, 0.1) is 17.8 Å². The van der Waals surface area contributed by atoms with Crippen molar-refractivity contribution in [3.05, 3.63) is 22.8 Å². The number of hydrogen-bond acceptors (Lipinski definition) is 23. The van der Waals surface area contributed by atoms with E-state index < -0.39 is 237 Å². The Labute approximate surface area is 513 Å².